The summed E-state index contributed by atoms with van der Waals surface area (Å²) >= 11 is 0. The van der Waals surface area contributed by atoms with Crippen LogP contribution in [0.2, 0.25) is 0 Å². The Labute approximate surface area is 165 Å². The molecular formula is C20H24N2O5S. The van der Waals surface area contributed by atoms with E-state index in [1.165, 1.54) is 23.5 Å². The number of hydrogen-bond acceptors (Lipinski definition) is 5. The quantitative estimate of drug-likeness (QED) is 0.798. The lowest BCUT2D eigenvalue weighted by Gasteiger charge is -2.26. The number of nitrogens with zero attached hydrogens (tertiary/aromatic N) is 1. The molecule has 0 radical (unpaired) electrons. The second kappa shape index (κ2) is 8.72. The molecule has 7 nitrogen and oxygen atoms in total. The molecule has 0 bridgehead atoms. The minimum atomic E-state index is -3.79. The van der Waals surface area contributed by atoms with Crippen molar-refractivity contribution >= 4 is 15.9 Å². The zero-order valence-electron chi connectivity index (χ0n) is 15.9. The van der Waals surface area contributed by atoms with E-state index in [-0.39, 0.29) is 41.2 Å². The highest BCUT2D eigenvalue weighted by atomic mass is 32.2. The van der Waals surface area contributed by atoms with E-state index in [4.69, 9.17) is 9.47 Å². The first-order chi connectivity index (χ1) is 13.4. The predicted molar refractivity (Wildman–Crippen MR) is 105 cm³/mol. The summed E-state index contributed by atoms with van der Waals surface area (Å²) in [5, 5.41) is 2.90. The highest BCUT2D eigenvalue weighted by molar-refractivity contribution is 7.89. The van der Waals surface area contributed by atoms with E-state index in [2.05, 4.69) is 5.32 Å². The van der Waals surface area contributed by atoms with Gasteiger partial charge in [-0.05, 0) is 30.7 Å². The fourth-order valence-electron chi connectivity index (χ4n) is 3.05. The molecule has 1 N–H and O–H groups in total. The molecule has 0 aromatic heterocycles. The van der Waals surface area contributed by atoms with Crippen LogP contribution < -0.4 is 10.1 Å². The molecule has 1 amide bonds. The van der Waals surface area contributed by atoms with Gasteiger partial charge in [-0.2, -0.15) is 4.31 Å². The number of rotatable bonds is 6. The lowest BCUT2D eigenvalue weighted by molar-refractivity contribution is 0.0729. The molecule has 1 fully saturated rings. The summed E-state index contributed by atoms with van der Waals surface area (Å²) in [5.74, 6) is -0.142. The van der Waals surface area contributed by atoms with Gasteiger partial charge < -0.3 is 14.8 Å². The number of hydrogen-bond donors (Lipinski definition) is 1. The lowest BCUT2D eigenvalue weighted by atomic mass is 10.1. The molecule has 0 unspecified atom stereocenters. The Kier molecular flexibility index (Phi) is 6.33. The minimum absolute atomic E-state index is 0.0167. The van der Waals surface area contributed by atoms with Gasteiger partial charge in [0, 0.05) is 18.7 Å². The number of amides is 1. The molecular weight excluding hydrogens is 380 g/mol. The topological polar surface area (TPSA) is 84.9 Å². The first-order valence-corrected chi connectivity index (χ1v) is 10.5. The van der Waals surface area contributed by atoms with Crippen molar-refractivity contribution in [3.8, 4) is 5.75 Å². The zero-order chi connectivity index (χ0) is 20.1. The predicted octanol–water partition coefficient (Wildman–Crippen LogP) is 2.21. The van der Waals surface area contributed by atoms with Gasteiger partial charge in [0.2, 0.25) is 10.0 Å². The molecule has 1 heterocycles. The highest BCUT2D eigenvalue weighted by Crippen LogP contribution is 2.28. The van der Waals surface area contributed by atoms with E-state index >= 15 is 0 Å². The number of nitrogens with one attached hydrogen (secondary N) is 1. The fourth-order valence-corrected chi connectivity index (χ4v) is 4.64. The molecule has 1 aliphatic heterocycles. The van der Waals surface area contributed by atoms with Gasteiger partial charge in [0.05, 0.1) is 26.4 Å². The fraction of sp³-hybridized carbons (Fsp3) is 0.350. The lowest BCUT2D eigenvalue weighted by Crippen LogP contribution is -2.40. The average molecular weight is 404 g/mol. The summed E-state index contributed by atoms with van der Waals surface area (Å²) in [5.41, 5.74) is 1.22. The number of carbonyl (C=O) groups is 1. The van der Waals surface area contributed by atoms with Crippen molar-refractivity contribution in [3.63, 3.8) is 0 Å². The average Bonchev–Trinajstić information content (AvgIpc) is 2.74. The van der Waals surface area contributed by atoms with Crippen LogP contribution >= 0.6 is 0 Å². The van der Waals surface area contributed by atoms with Crippen molar-refractivity contribution in [2.75, 3.05) is 33.4 Å². The molecule has 1 aliphatic rings. The molecule has 2 aromatic rings. The van der Waals surface area contributed by atoms with Crippen LogP contribution in [0.15, 0.2) is 53.4 Å². The van der Waals surface area contributed by atoms with Gasteiger partial charge in [-0.3, -0.25) is 4.79 Å². The summed E-state index contributed by atoms with van der Waals surface area (Å²) < 4.78 is 37.9. The number of benzene rings is 2. The molecule has 0 saturated carbocycles. The highest BCUT2D eigenvalue weighted by Gasteiger charge is 2.30. The Bertz CT molecular complexity index is 925. The molecule has 8 heteroatoms. The van der Waals surface area contributed by atoms with Crippen LogP contribution in [0, 0.1) is 0 Å². The Morgan fingerprint density at radius 1 is 1.14 bits per heavy atom. The van der Waals surface area contributed by atoms with Crippen LogP contribution in [0.5, 0.6) is 5.75 Å². The van der Waals surface area contributed by atoms with Gasteiger partial charge >= 0.3 is 0 Å². The van der Waals surface area contributed by atoms with Crippen LogP contribution in [-0.4, -0.2) is 52.0 Å². The zero-order valence-corrected chi connectivity index (χ0v) is 16.7. The van der Waals surface area contributed by atoms with E-state index in [0.29, 0.717) is 13.2 Å². The van der Waals surface area contributed by atoms with Crippen molar-refractivity contribution in [2.24, 2.45) is 0 Å². The second-order valence-corrected chi connectivity index (χ2v) is 8.39. The van der Waals surface area contributed by atoms with Crippen molar-refractivity contribution in [2.45, 2.75) is 17.9 Å². The van der Waals surface area contributed by atoms with E-state index in [0.717, 1.165) is 5.56 Å². The molecule has 1 atom stereocenters. The summed E-state index contributed by atoms with van der Waals surface area (Å²) in [6.07, 6.45) is 0. The second-order valence-electron chi connectivity index (χ2n) is 6.49. The summed E-state index contributed by atoms with van der Waals surface area (Å²) in [6.45, 7) is 3.11. The van der Waals surface area contributed by atoms with Crippen LogP contribution in [0.4, 0.5) is 0 Å². The molecule has 28 heavy (non-hydrogen) atoms. The Hall–Kier alpha value is -2.42. The van der Waals surface area contributed by atoms with Gasteiger partial charge in [-0.15, -0.1) is 0 Å². The molecule has 2 aromatic carbocycles. The van der Waals surface area contributed by atoms with Crippen LogP contribution in [-0.2, 0) is 14.8 Å². The van der Waals surface area contributed by atoms with E-state index in [9.17, 15) is 13.2 Å². The van der Waals surface area contributed by atoms with Gasteiger partial charge in [-0.25, -0.2) is 8.42 Å². The largest absolute Gasteiger partial charge is 0.495 e. The first-order valence-electron chi connectivity index (χ1n) is 9.05. The molecule has 0 spiro atoms. The number of methoxy groups -OCH3 is 1. The smallest absolute Gasteiger partial charge is 0.251 e. The number of morpholine rings is 1. The van der Waals surface area contributed by atoms with Crippen molar-refractivity contribution in [1.29, 1.82) is 0 Å². The standard InChI is InChI=1S/C20H24N2O5S/c1-15(16-6-4-3-5-7-16)21-20(23)17-8-9-18(26-2)19(14-17)28(24,25)22-10-12-27-13-11-22/h3-9,14-15H,10-13H2,1-2H3,(H,21,23)/t15-/m0/s1. The molecule has 1 saturated heterocycles. The first kappa shape index (κ1) is 20.3. The number of ether oxygens (including phenoxy) is 2. The van der Waals surface area contributed by atoms with E-state index < -0.39 is 10.0 Å². The van der Waals surface area contributed by atoms with Gasteiger partial charge in [0.25, 0.3) is 5.91 Å². The third-order valence-corrected chi connectivity index (χ3v) is 6.58. The number of sulfonamides is 1. The summed E-state index contributed by atoms with van der Waals surface area (Å²) in [7, 11) is -2.39. The van der Waals surface area contributed by atoms with Crippen molar-refractivity contribution < 1.29 is 22.7 Å². The van der Waals surface area contributed by atoms with Gasteiger partial charge in [-0.1, -0.05) is 30.3 Å². The third-order valence-electron chi connectivity index (χ3n) is 4.66. The molecule has 3 rings (SSSR count). The van der Waals surface area contributed by atoms with E-state index in [1.807, 2.05) is 37.3 Å². The monoisotopic (exact) mass is 404 g/mol. The Balaban J connectivity index is 1.87. The third kappa shape index (κ3) is 4.35. The van der Waals surface area contributed by atoms with Crippen LogP contribution in [0.3, 0.4) is 0 Å². The van der Waals surface area contributed by atoms with E-state index in [1.54, 1.807) is 6.07 Å². The Morgan fingerprint density at radius 2 is 1.82 bits per heavy atom. The maximum atomic E-state index is 13.0. The van der Waals surface area contributed by atoms with Gasteiger partial charge in [0.15, 0.2) is 0 Å². The van der Waals surface area contributed by atoms with Crippen LogP contribution in [0.25, 0.3) is 0 Å². The van der Waals surface area contributed by atoms with Crippen LogP contribution in [0.1, 0.15) is 28.9 Å². The minimum Gasteiger partial charge on any atom is -0.495 e. The van der Waals surface area contributed by atoms with Crippen molar-refractivity contribution in [1.82, 2.24) is 9.62 Å². The van der Waals surface area contributed by atoms with Crippen molar-refractivity contribution in [3.05, 3.63) is 59.7 Å². The maximum absolute atomic E-state index is 13.0. The maximum Gasteiger partial charge on any atom is 0.251 e. The molecule has 150 valence electrons. The Morgan fingerprint density at radius 3 is 2.46 bits per heavy atom. The number of carbonyl (C=O) groups excluding carboxylic acids is 1. The SMILES string of the molecule is COc1ccc(C(=O)N[C@@H](C)c2ccccc2)cc1S(=O)(=O)N1CCOCC1. The summed E-state index contributed by atoms with van der Waals surface area (Å²) in [6, 6.07) is 13.8. The molecule has 0 aliphatic carbocycles. The normalized spacial score (nSPS) is 16.4. The summed E-state index contributed by atoms with van der Waals surface area (Å²) in [4.78, 5) is 12.7. The van der Waals surface area contributed by atoms with Gasteiger partial charge in [0.1, 0.15) is 10.6 Å².